The topological polar surface area (TPSA) is 96.4 Å². The van der Waals surface area contributed by atoms with Gasteiger partial charge in [-0.25, -0.2) is 9.78 Å². The molecule has 0 aliphatic carbocycles. The molecular formula is C22H13ClN2O4S. The lowest BCUT2D eigenvalue weighted by Gasteiger charge is -2.12. The first-order valence-electron chi connectivity index (χ1n) is 8.75. The number of nitriles is 1. The summed E-state index contributed by atoms with van der Waals surface area (Å²) in [7, 11) is 0. The van der Waals surface area contributed by atoms with Crippen molar-refractivity contribution in [2.75, 3.05) is 0 Å². The molecule has 0 bridgehead atoms. The number of nitrogens with zero attached hydrogens (tertiary/aromatic N) is 2. The summed E-state index contributed by atoms with van der Waals surface area (Å²) in [5.74, 6) is -0.317. The Hall–Kier alpha value is -3.60. The lowest BCUT2D eigenvalue weighted by atomic mass is 10.1. The molecule has 0 spiro atoms. The van der Waals surface area contributed by atoms with E-state index in [0.717, 1.165) is 10.4 Å². The molecule has 3 aromatic heterocycles. The molecule has 30 heavy (non-hydrogen) atoms. The number of carboxylic acids is 1. The molecule has 0 atom stereocenters. The highest BCUT2D eigenvalue weighted by Crippen LogP contribution is 2.37. The van der Waals surface area contributed by atoms with Gasteiger partial charge in [0.25, 0.3) is 0 Å². The number of aromatic carboxylic acids is 1. The van der Waals surface area contributed by atoms with E-state index < -0.39 is 5.97 Å². The average molecular weight is 437 g/mol. The molecule has 4 aromatic rings. The van der Waals surface area contributed by atoms with Crippen molar-refractivity contribution >= 4 is 28.9 Å². The smallest absolute Gasteiger partial charge is 0.335 e. The highest BCUT2D eigenvalue weighted by Gasteiger charge is 2.19. The second-order valence-electron chi connectivity index (χ2n) is 6.22. The Morgan fingerprint density at radius 3 is 2.63 bits per heavy atom. The maximum absolute atomic E-state index is 11.0. The molecule has 0 aliphatic heterocycles. The Bertz CT molecular complexity index is 1240. The van der Waals surface area contributed by atoms with Crippen molar-refractivity contribution in [2.24, 2.45) is 0 Å². The van der Waals surface area contributed by atoms with Crippen LogP contribution in [0.15, 0.2) is 65.3 Å². The van der Waals surface area contributed by atoms with E-state index in [0.29, 0.717) is 21.4 Å². The predicted octanol–water partition coefficient (Wildman–Crippen LogP) is 5.87. The molecule has 8 heteroatoms. The van der Waals surface area contributed by atoms with E-state index in [4.69, 9.17) is 25.9 Å². The predicted molar refractivity (Wildman–Crippen MR) is 113 cm³/mol. The van der Waals surface area contributed by atoms with E-state index in [1.165, 1.54) is 29.7 Å². The maximum atomic E-state index is 11.0. The number of carbonyl (C=O) groups is 1. The molecule has 0 radical (unpaired) electrons. The van der Waals surface area contributed by atoms with Gasteiger partial charge in [-0.05, 0) is 48.0 Å². The number of aromatic nitrogens is 1. The first kappa shape index (κ1) is 19.7. The van der Waals surface area contributed by atoms with Gasteiger partial charge in [-0.2, -0.15) is 5.26 Å². The Morgan fingerprint density at radius 1 is 1.23 bits per heavy atom. The molecule has 0 saturated heterocycles. The zero-order chi connectivity index (χ0) is 21.1. The number of thiophene rings is 1. The summed E-state index contributed by atoms with van der Waals surface area (Å²) in [6.45, 7) is 0.119. The number of carboxylic acid groups (broad SMARTS) is 1. The number of hydrogen-bond donors (Lipinski definition) is 1. The Morgan fingerprint density at radius 2 is 2.03 bits per heavy atom. The molecule has 3 heterocycles. The molecule has 0 saturated carbocycles. The van der Waals surface area contributed by atoms with E-state index in [1.54, 1.807) is 36.4 Å². The van der Waals surface area contributed by atoms with E-state index in [2.05, 4.69) is 11.1 Å². The highest BCUT2D eigenvalue weighted by atomic mass is 35.5. The summed E-state index contributed by atoms with van der Waals surface area (Å²) >= 11 is 7.44. The molecule has 148 valence electrons. The van der Waals surface area contributed by atoms with Crippen molar-refractivity contribution < 1.29 is 19.1 Å². The first-order valence-corrected chi connectivity index (χ1v) is 9.94. The summed E-state index contributed by atoms with van der Waals surface area (Å²) in [6, 6.07) is 17.4. The number of furan rings is 1. The van der Waals surface area contributed by atoms with E-state index >= 15 is 0 Å². The summed E-state index contributed by atoms with van der Waals surface area (Å²) in [6.07, 6.45) is 1.53. The molecule has 0 unspecified atom stereocenters. The van der Waals surface area contributed by atoms with Crippen molar-refractivity contribution in [3.8, 4) is 33.8 Å². The van der Waals surface area contributed by atoms with Crippen LogP contribution in [0.3, 0.4) is 0 Å². The molecule has 4 rings (SSSR count). The van der Waals surface area contributed by atoms with Crippen molar-refractivity contribution in [1.29, 1.82) is 5.26 Å². The van der Waals surface area contributed by atoms with Gasteiger partial charge in [0.15, 0.2) is 0 Å². The summed E-state index contributed by atoms with van der Waals surface area (Å²) in [4.78, 5) is 16.4. The lowest BCUT2D eigenvalue weighted by molar-refractivity contribution is 0.0697. The number of ether oxygens (including phenoxy) is 1. The third-order valence-corrected chi connectivity index (χ3v) is 5.54. The number of halogens is 1. The van der Waals surface area contributed by atoms with Crippen LogP contribution in [0, 0.1) is 11.3 Å². The first-order chi connectivity index (χ1) is 14.5. The van der Waals surface area contributed by atoms with Gasteiger partial charge in [-0.1, -0.05) is 23.7 Å². The van der Waals surface area contributed by atoms with Crippen molar-refractivity contribution in [2.45, 2.75) is 6.61 Å². The van der Waals surface area contributed by atoms with Gasteiger partial charge in [-0.15, -0.1) is 11.3 Å². The minimum Gasteiger partial charge on any atom is -0.478 e. The zero-order valence-electron chi connectivity index (χ0n) is 15.3. The third kappa shape index (κ3) is 4.06. The normalized spacial score (nSPS) is 10.5. The molecule has 6 nitrogen and oxygen atoms in total. The number of hydrogen-bond acceptors (Lipinski definition) is 6. The molecule has 0 aliphatic rings. The number of benzene rings is 1. The van der Waals surface area contributed by atoms with Gasteiger partial charge in [0, 0.05) is 5.56 Å². The van der Waals surface area contributed by atoms with E-state index in [-0.39, 0.29) is 23.6 Å². The van der Waals surface area contributed by atoms with Crippen LogP contribution in [0.4, 0.5) is 0 Å². The summed E-state index contributed by atoms with van der Waals surface area (Å²) in [5, 5.41) is 18.8. The van der Waals surface area contributed by atoms with E-state index in [9.17, 15) is 10.1 Å². The second-order valence-corrected chi connectivity index (χ2v) is 7.93. The lowest BCUT2D eigenvalue weighted by Crippen LogP contribution is -2.03. The molecule has 1 N–H and O–H groups in total. The number of rotatable bonds is 6. The van der Waals surface area contributed by atoms with Gasteiger partial charge >= 0.3 is 5.97 Å². The van der Waals surface area contributed by atoms with Crippen molar-refractivity contribution in [3.05, 3.63) is 81.9 Å². The van der Waals surface area contributed by atoms with Gasteiger partial charge in [-0.3, -0.25) is 0 Å². The molecule has 0 amide bonds. The average Bonchev–Trinajstić information content (AvgIpc) is 3.44. The van der Waals surface area contributed by atoms with Gasteiger partial charge < -0.3 is 14.3 Å². The molecule has 1 aromatic carbocycles. The minimum absolute atomic E-state index is 0.119. The van der Waals surface area contributed by atoms with Gasteiger partial charge in [0.1, 0.15) is 24.0 Å². The second kappa shape index (κ2) is 8.41. The summed E-state index contributed by atoms with van der Waals surface area (Å²) in [5.41, 5.74) is 2.35. The Kier molecular flexibility index (Phi) is 5.53. The van der Waals surface area contributed by atoms with Crippen LogP contribution in [0.25, 0.3) is 21.9 Å². The monoisotopic (exact) mass is 436 g/mol. The van der Waals surface area contributed by atoms with Gasteiger partial charge in [0.05, 0.1) is 26.7 Å². The maximum Gasteiger partial charge on any atom is 0.335 e. The summed E-state index contributed by atoms with van der Waals surface area (Å²) < 4.78 is 12.0. The van der Waals surface area contributed by atoms with Crippen LogP contribution in [-0.4, -0.2) is 16.1 Å². The van der Waals surface area contributed by atoms with E-state index in [1.807, 2.05) is 6.07 Å². The molecular weight excluding hydrogens is 424 g/mol. The molecule has 0 fully saturated rings. The van der Waals surface area contributed by atoms with Crippen LogP contribution < -0.4 is 4.74 Å². The highest BCUT2D eigenvalue weighted by molar-refractivity contribution is 7.19. The number of pyridine rings is 1. The van der Waals surface area contributed by atoms with Crippen molar-refractivity contribution in [3.63, 3.8) is 0 Å². The fourth-order valence-electron chi connectivity index (χ4n) is 2.83. The van der Waals surface area contributed by atoms with Crippen LogP contribution in [0.2, 0.25) is 4.34 Å². The third-order valence-electron chi connectivity index (χ3n) is 4.29. The SMILES string of the molecule is N#Cc1c(-c2ccco2)cc(-c2ccc(Cl)s2)nc1OCc1ccc(C(=O)O)cc1. The van der Waals surface area contributed by atoms with Crippen LogP contribution in [0.1, 0.15) is 21.5 Å². The van der Waals surface area contributed by atoms with Crippen LogP contribution >= 0.6 is 22.9 Å². The quantitative estimate of drug-likeness (QED) is 0.406. The fraction of sp³-hybridized carbons (Fsp3) is 0.0455. The fourth-order valence-corrected chi connectivity index (χ4v) is 3.84. The Balaban J connectivity index is 1.72. The zero-order valence-corrected chi connectivity index (χ0v) is 16.9. The standard InChI is InChI=1S/C22H13ClN2O4S/c23-20-8-7-19(30-20)17-10-15(18-2-1-9-28-18)16(11-24)21(25-17)29-12-13-3-5-14(6-4-13)22(26)27/h1-10H,12H2,(H,26,27). The van der Waals surface area contributed by atoms with Crippen molar-refractivity contribution in [1.82, 2.24) is 4.98 Å². The van der Waals surface area contributed by atoms with Crippen LogP contribution in [-0.2, 0) is 6.61 Å². The van der Waals surface area contributed by atoms with Gasteiger partial charge in [0.2, 0.25) is 5.88 Å². The van der Waals surface area contributed by atoms with Crippen LogP contribution in [0.5, 0.6) is 5.88 Å². The minimum atomic E-state index is -0.999. The Labute approximate surface area is 180 Å². The largest absolute Gasteiger partial charge is 0.478 e.